The van der Waals surface area contributed by atoms with E-state index in [0.717, 1.165) is 12.0 Å². The van der Waals surface area contributed by atoms with Crippen molar-refractivity contribution in [3.63, 3.8) is 0 Å². The number of hydrogen-bond acceptors (Lipinski definition) is 5. The zero-order chi connectivity index (χ0) is 21.3. The van der Waals surface area contributed by atoms with Gasteiger partial charge in [0.15, 0.2) is 0 Å². The van der Waals surface area contributed by atoms with E-state index >= 15 is 0 Å². The molecule has 3 rings (SSSR count). The Labute approximate surface area is 173 Å². The monoisotopic (exact) mass is 403 g/mol. The van der Waals surface area contributed by atoms with E-state index < -0.39 is 22.5 Å². The number of carbonyl (C=O) groups is 2. The molecule has 29 heavy (non-hydrogen) atoms. The fourth-order valence-corrected chi connectivity index (χ4v) is 4.93. The van der Waals surface area contributed by atoms with Crippen molar-refractivity contribution >= 4 is 11.9 Å². The minimum Gasteiger partial charge on any atom is -0.481 e. The van der Waals surface area contributed by atoms with Gasteiger partial charge in [0.2, 0.25) is 0 Å². The highest BCUT2D eigenvalue weighted by Gasteiger charge is 2.66. The van der Waals surface area contributed by atoms with Crippen LogP contribution in [0, 0.1) is 5.41 Å². The van der Waals surface area contributed by atoms with Gasteiger partial charge >= 0.3 is 11.9 Å². The summed E-state index contributed by atoms with van der Waals surface area (Å²) in [6.45, 7) is 8.97. The molecule has 1 aromatic rings. The van der Waals surface area contributed by atoms with Crippen molar-refractivity contribution < 1.29 is 24.2 Å². The van der Waals surface area contributed by atoms with Crippen molar-refractivity contribution in [3.05, 3.63) is 35.9 Å². The third-order valence-corrected chi connectivity index (χ3v) is 6.23. The van der Waals surface area contributed by atoms with Crippen LogP contribution in [0.4, 0.5) is 0 Å². The molecule has 0 saturated carbocycles. The van der Waals surface area contributed by atoms with Gasteiger partial charge in [0.05, 0.1) is 12.0 Å². The molecule has 6 nitrogen and oxygen atoms in total. The fourth-order valence-electron chi connectivity index (χ4n) is 4.93. The number of carboxylic acid groups (broad SMARTS) is 1. The van der Waals surface area contributed by atoms with Crippen molar-refractivity contribution in [1.82, 2.24) is 4.90 Å². The average Bonchev–Trinajstić information content (AvgIpc) is 3.14. The van der Waals surface area contributed by atoms with Crippen molar-refractivity contribution in [2.45, 2.75) is 77.2 Å². The molecule has 2 saturated heterocycles. The topological polar surface area (TPSA) is 76.1 Å². The van der Waals surface area contributed by atoms with Gasteiger partial charge in [-0.1, -0.05) is 30.3 Å². The quantitative estimate of drug-likeness (QED) is 0.553. The lowest BCUT2D eigenvalue weighted by Crippen LogP contribution is -2.51. The van der Waals surface area contributed by atoms with E-state index in [2.05, 4.69) is 4.90 Å². The van der Waals surface area contributed by atoms with E-state index in [1.807, 2.05) is 51.1 Å². The number of esters is 1. The molecule has 0 spiro atoms. The summed E-state index contributed by atoms with van der Waals surface area (Å²) in [5, 5.41) is 10.0. The van der Waals surface area contributed by atoms with E-state index in [9.17, 15) is 14.7 Å². The minimum absolute atomic E-state index is 0.259. The molecule has 2 heterocycles. The lowest BCUT2D eigenvalue weighted by atomic mass is 9.76. The molecule has 160 valence electrons. The first kappa shape index (κ1) is 21.8. The third-order valence-electron chi connectivity index (χ3n) is 6.23. The van der Waals surface area contributed by atoms with E-state index in [0.29, 0.717) is 32.6 Å². The Balaban J connectivity index is 1.74. The summed E-state index contributed by atoms with van der Waals surface area (Å²) < 4.78 is 11.6. The molecule has 2 fully saturated rings. The van der Waals surface area contributed by atoms with Crippen LogP contribution in [-0.4, -0.2) is 52.3 Å². The molecule has 3 atom stereocenters. The predicted molar refractivity (Wildman–Crippen MR) is 109 cm³/mol. The highest BCUT2D eigenvalue weighted by molar-refractivity contribution is 5.86. The van der Waals surface area contributed by atoms with E-state index in [-0.39, 0.29) is 18.4 Å². The summed E-state index contributed by atoms with van der Waals surface area (Å²) in [6, 6.07) is 9.65. The molecule has 0 aliphatic carbocycles. The van der Waals surface area contributed by atoms with Crippen molar-refractivity contribution in [1.29, 1.82) is 0 Å². The molecule has 0 aromatic heterocycles. The maximum Gasteiger partial charge on any atom is 0.327 e. The lowest BCUT2D eigenvalue weighted by molar-refractivity contribution is -0.167. The molecule has 0 unspecified atom stereocenters. The van der Waals surface area contributed by atoms with Gasteiger partial charge in [-0.15, -0.1) is 0 Å². The number of rotatable bonds is 7. The predicted octanol–water partition coefficient (Wildman–Crippen LogP) is 3.63. The highest BCUT2D eigenvalue weighted by atomic mass is 16.6. The van der Waals surface area contributed by atoms with Crippen molar-refractivity contribution in [2.24, 2.45) is 5.41 Å². The van der Waals surface area contributed by atoms with E-state index in [1.54, 1.807) is 6.92 Å². The minimum atomic E-state index is -1.01. The molecule has 0 amide bonds. The van der Waals surface area contributed by atoms with Gasteiger partial charge < -0.3 is 14.6 Å². The number of nitrogens with zero attached hydrogens (tertiary/aromatic N) is 1. The van der Waals surface area contributed by atoms with E-state index in [4.69, 9.17) is 9.47 Å². The van der Waals surface area contributed by atoms with Gasteiger partial charge in [-0.2, -0.15) is 0 Å². The molecule has 2 aliphatic rings. The van der Waals surface area contributed by atoms with Crippen LogP contribution in [0.15, 0.2) is 30.3 Å². The Morgan fingerprint density at radius 1 is 1.24 bits per heavy atom. The molecule has 0 radical (unpaired) electrons. The van der Waals surface area contributed by atoms with Crippen LogP contribution >= 0.6 is 0 Å². The van der Waals surface area contributed by atoms with Gasteiger partial charge in [-0.05, 0) is 65.5 Å². The molecular weight excluding hydrogens is 370 g/mol. The largest absolute Gasteiger partial charge is 0.481 e. The fraction of sp³-hybridized carbons (Fsp3) is 0.652. The van der Waals surface area contributed by atoms with Crippen molar-refractivity contribution in [3.8, 4) is 0 Å². The number of benzene rings is 1. The maximum atomic E-state index is 13.1. The molecule has 1 N–H and O–H groups in total. The van der Waals surface area contributed by atoms with Crippen LogP contribution in [0.3, 0.4) is 0 Å². The first-order valence-corrected chi connectivity index (χ1v) is 10.4. The molecule has 0 bridgehead atoms. The second-order valence-electron chi connectivity index (χ2n) is 9.57. The third kappa shape index (κ3) is 4.33. The Bertz CT molecular complexity index is 743. The molecule has 2 aliphatic heterocycles. The first-order valence-electron chi connectivity index (χ1n) is 10.4. The molecule has 6 heteroatoms. The summed E-state index contributed by atoms with van der Waals surface area (Å²) in [7, 11) is 0. The maximum absolute atomic E-state index is 13.1. The average molecular weight is 404 g/mol. The van der Waals surface area contributed by atoms with Gasteiger partial charge in [-0.25, -0.2) is 0 Å². The Hall–Kier alpha value is -1.92. The Morgan fingerprint density at radius 3 is 2.55 bits per heavy atom. The normalized spacial score (nSPS) is 29.6. The number of hydrogen-bond donors (Lipinski definition) is 1. The zero-order valence-electron chi connectivity index (χ0n) is 17.9. The number of carboxylic acids is 1. The summed E-state index contributed by atoms with van der Waals surface area (Å²) in [5.74, 6) is -1.15. The zero-order valence-corrected chi connectivity index (χ0v) is 17.9. The summed E-state index contributed by atoms with van der Waals surface area (Å²) >= 11 is 0. The first-order chi connectivity index (χ1) is 13.6. The highest BCUT2D eigenvalue weighted by Crippen LogP contribution is 2.53. The van der Waals surface area contributed by atoms with Gasteiger partial charge in [0, 0.05) is 12.6 Å². The Kier molecular flexibility index (Phi) is 6.06. The lowest BCUT2D eigenvalue weighted by Gasteiger charge is -2.35. The summed E-state index contributed by atoms with van der Waals surface area (Å²) in [4.78, 5) is 27.5. The number of ether oxygens (including phenoxy) is 2. The van der Waals surface area contributed by atoms with Crippen LogP contribution in [-0.2, 0) is 25.7 Å². The van der Waals surface area contributed by atoms with E-state index in [1.165, 1.54) is 0 Å². The molecule has 1 aromatic carbocycles. The standard InChI is InChI=1S/C23H33NO5/c1-21(2,3)29-20(27)23-12-8-13-24(23)18(22(4,16-23)19(25)26)11-14-28-15-17-9-6-5-7-10-17/h5-7,9-10,18H,8,11-16H2,1-4H3,(H,25,26)/t18-,22-,23+/m0/s1. The van der Waals surface area contributed by atoms with Crippen LogP contribution < -0.4 is 0 Å². The van der Waals surface area contributed by atoms with Crippen LogP contribution in [0.1, 0.15) is 58.9 Å². The van der Waals surface area contributed by atoms with Crippen molar-refractivity contribution in [2.75, 3.05) is 13.2 Å². The molecular formula is C23H33NO5. The van der Waals surface area contributed by atoms with Crippen LogP contribution in [0.2, 0.25) is 0 Å². The second-order valence-corrected chi connectivity index (χ2v) is 9.57. The van der Waals surface area contributed by atoms with Crippen LogP contribution in [0.25, 0.3) is 0 Å². The number of aliphatic carboxylic acids is 1. The van der Waals surface area contributed by atoms with Crippen LogP contribution in [0.5, 0.6) is 0 Å². The number of carbonyl (C=O) groups excluding carboxylic acids is 1. The second kappa shape index (κ2) is 8.07. The van der Waals surface area contributed by atoms with Gasteiger partial charge in [-0.3, -0.25) is 14.5 Å². The number of fused-ring (bicyclic) bond motifs is 1. The van der Waals surface area contributed by atoms with Gasteiger partial charge in [0.25, 0.3) is 0 Å². The van der Waals surface area contributed by atoms with Gasteiger partial charge in [0.1, 0.15) is 11.1 Å². The SMILES string of the molecule is CC(C)(C)OC(=O)[C@]12CCCN1[C@@H](CCOCc1ccccc1)[C@@](C)(C(=O)O)C2. The summed E-state index contributed by atoms with van der Waals surface area (Å²) in [6.07, 6.45) is 2.37. The smallest absolute Gasteiger partial charge is 0.327 e. The summed E-state index contributed by atoms with van der Waals surface area (Å²) in [5.41, 5.74) is -1.36. The Morgan fingerprint density at radius 2 is 1.93 bits per heavy atom.